The molecule has 1 amide bonds. The van der Waals surface area contributed by atoms with Crippen LogP contribution in [0.4, 0.5) is 4.79 Å². The molecule has 0 heterocycles. The van der Waals surface area contributed by atoms with Gasteiger partial charge in [0.15, 0.2) is 5.78 Å². The summed E-state index contributed by atoms with van der Waals surface area (Å²) in [6, 6.07) is 14.3. The van der Waals surface area contributed by atoms with E-state index < -0.39 is 17.6 Å². The van der Waals surface area contributed by atoms with Crippen LogP contribution in [0.5, 0.6) is 11.5 Å². The van der Waals surface area contributed by atoms with E-state index in [1.54, 1.807) is 38.5 Å². The Hall–Kier alpha value is -3.02. The summed E-state index contributed by atoms with van der Waals surface area (Å²) in [5.74, 6) is 0.594. The van der Waals surface area contributed by atoms with Crippen LogP contribution in [0.15, 0.2) is 48.5 Å². The number of rotatable bonds is 7. The summed E-state index contributed by atoms with van der Waals surface area (Å²) >= 11 is 0. The van der Waals surface area contributed by atoms with Crippen LogP contribution in [-0.4, -0.2) is 31.7 Å². The fourth-order valence-electron chi connectivity index (χ4n) is 4.21. The normalized spacial score (nSPS) is 16.5. The van der Waals surface area contributed by atoms with E-state index in [0.717, 1.165) is 24.8 Å². The number of hydrogen-bond acceptors (Lipinski definition) is 5. The Balaban J connectivity index is 2.08. The minimum atomic E-state index is -0.963. The molecule has 2 aromatic rings. The second kappa shape index (κ2) is 8.99. The fraction of sp³-hybridized carbons (Fsp3) is 0.391. The predicted octanol–water partition coefficient (Wildman–Crippen LogP) is 4.47. The first-order chi connectivity index (χ1) is 14.0. The summed E-state index contributed by atoms with van der Waals surface area (Å²) in [5, 5.41) is 0. The number of benzene rings is 2. The molecule has 1 aliphatic rings. The molecule has 0 radical (unpaired) electrons. The molecular formula is C23H27NO5. The highest BCUT2D eigenvalue weighted by Crippen LogP contribution is 2.45. The van der Waals surface area contributed by atoms with Gasteiger partial charge >= 0.3 is 6.09 Å². The molecule has 154 valence electrons. The van der Waals surface area contributed by atoms with E-state index in [1.807, 2.05) is 24.3 Å². The monoisotopic (exact) mass is 397 g/mol. The van der Waals surface area contributed by atoms with Gasteiger partial charge in [0.1, 0.15) is 17.1 Å². The summed E-state index contributed by atoms with van der Waals surface area (Å²) in [6.45, 7) is 0. The highest BCUT2D eigenvalue weighted by Gasteiger charge is 2.47. The first-order valence-corrected chi connectivity index (χ1v) is 9.80. The average Bonchev–Trinajstić information content (AvgIpc) is 2.74. The van der Waals surface area contributed by atoms with Crippen LogP contribution in [0, 0.1) is 0 Å². The Morgan fingerprint density at radius 3 is 1.86 bits per heavy atom. The third kappa shape index (κ3) is 4.53. The van der Waals surface area contributed by atoms with Gasteiger partial charge in [-0.15, -0.1) is 0 Å². The molecule has 6 heteroatoms. The first kappa shape index (κ1) is 20.7. The van der Waals surface area contributed by atoms with E-state index in [9.17, 15) is 9.59 Å². The number of carbonyl (C=O) groups is 2. The number of hydrogen-bond donors (Lipinski definition) is 1. The lowest BCUT2D eigenvalue weighted by atomic mass is 9.69. The predicted molar refractivity (Wildman–Crippen MR) is 110 cm³/mol. The van der Waals surface area contributed by atoms with E-state index in [0.29, 0.717) is 29.9 Å². The molecule has 0 aromatic heterocycles. The van der Waals surface area contributed by atoms with Gasteiger partial charge in [0.25, 0.3) is 0 Å². The van der Waals surface area contributed by atoms with Crippen LogP contribution in [0.2, 0.25) is 0 Å². The van der Waals surface area contributed by atoms with Crippen LogP contribution in [-0.2, 0) is 4.74 Å². The molecule has 0 saturated heterocycles. The zero-order valence-electron chi connectivity index (χ0n) is 16.9. The zero-order valence-corrected chi connectivity index (χ0v) is 16.9. The van der Waals surface area contributed by atoms with Gasteiger partial charge in [-0.05, 0) is 67.6 Å². The molecule has 2 N–H and O–H groups in total. The summed E-state index contributed by atoms with van der Waals surface area (Å²) in [4.78, 5) is 25.5. The lowest BCUT2D eigenvalue weighted by molar-refractivity contribution is -0.0273. The Labute approximate surface area is 171 Å². The van der Waals surface area contributed by atoms with E-state index in [-0.39, 0.29) is 5.78 Å². The van der Waals surface area contributed by atoms with Crippen LogP contribution in [0.3, 0.4) is 0 Å². The number of amides is 1. The maximum Gasteiger partial charge on any atom is 0.405 e. The van der Waals surface area contributed by atoms with Crippen molar-refractivity contribution in [3.63, 3.8) is 0 Å². The molecule has 2 aromatic carbocycles. The Kier molecular flexibility index (Phi) is 6.42. The third-order valence-electron chi connectivity index (χ3n) is 5.62. The SMILES string of the molecule is COc1ccc(C(=O)C(c2ccc(OC)cc2)C2(OC(N)=O)CCCCC2)cc1. The number of Topliss-reactive ketones (excluding diaryl/α,β-unsaturated/α-hetero) is 1. The van der Waals surface area contributed by atoms with Gasteiger partial charge in [0.2, 0.25) is 0 Å². The molecule has 0 bridgehead atoms. The molecule has 29 heavy (non-hydrogen) atoms. The van der Waals surface area contributed by atoms with Crippen LogP contribution < -0.4 is 15.2 Å². The Morgan fingerprint density at radius 2 is 1.38 bits per heavy atom. The molecule has 1 unspecified atom stereocenters. The number of methoxy groups -OCH3 is 2. The highest BCUT2D eigenvalue weighted by atomic mass is 16.6. The van der Waals surface area contributed by atoms with Crippen molar-refractivity contribution in [1.82, 2.24) is 0 Å². The molecule has 1 aliphatic carbocycles. The molecule has 1 saturated carbocycles. The maximum atomic E-state index is 13.7. The fourth-order valence-corrected chi connectivity index (χ4v) is 4.21. The van der Waals surface area contributed by atoms with Gasteiger partial charge in [-0.1, -0.05) is 18.6 Å². The molecular weight excluding hydrogens is 370 g/mol. The van der Waals surface area contributed by atoms with Gasteiger partial charge in [-0.25, -0.2) is 4.79 Å². The van der Waals surface area contributed by atoms with Gasteiger partial charge in [-0.2, -0.15) is 0 Å². The molecule has 3 rings (SSSR count). The van der Waals surface area contributed by atoms with Gasteiger partial charge in [0, 0.05) is 5.56 Å². The topological polar surface area (TPSA) is 87.8 Å². The minimum absolute atomic E-state index is 0.110. The largest absolute Gasteiger partial charge is 0.497 e. The Bertz CT molecular complexity index is 839. The van der Waals surface area contributed by atoms with Crippen molar-refractivity contribution in [2.24, 2.45) is 5.73 Å². The second-order valence-electron chi connectivity index (χ2n) is 7.35. The lowest BCUT2D eigenvalue weighted by Gasteiger charge is -2.42. The molecule has 1 atom stereocenters. The van der Waals surface area contributed by atoms with Crippen LogP contribution >= 0.6 is 0 Å². The average molecular weight is 397 g/mol. The van der Waals surface area contributed by atoms with Gasteiger partial charge in [-0.3, -0.25) is 4.79 Å². The van der Waals surface area contributed by atoms with Crippen molar-refractivity contribution in [2.45, 2.75) is 43.6 Å². The van der Waals surface area contributed by atoms with Crippen molar-refractivity contribution < 1.29 is 23.8 Å². The van der Waals surface area contributed by atoms with Crippen LogP contribution in [0.25, 0.3) is 0 Å². The van der Waals surface area contributed by atoms with Crippen LogP contribution in [0.1, 0.15) is 53.9 Å². The second-order valence-corrected chi connectivity index (χ2v) is 7.35. The number of ketones is 1. The number of ether oxygens (including phenoxy) is 3. The van der Waals surface area contributed by atoms with E-state index in [4.69, 9.17) is 19.9 Å². The van der Waals surface area contributed by atoms with Gasteiger partial charge in [0.05, 0.1) is 20.1 Å². The van der Waals surface area contributed by atoms with E-state index in [2.05, 4.69) is 0 Å². The van der Waals surface area contributed by atoms with Crippen molar-refractivity contribution >= 4 is 11.9 Å². The molecule has 6 nitrogen and oxygen atoms in total. The number of primary amides is 1. The van der Waals surface area contributed by atoms with Gasteiger partial charge < -0.3 is 19.9 Å². The Morgan fingerprint density at radius 1 is 0.862 bits per heavy atom. The minimum Gasteiger partial charge on any atom is -0.497 e. The van der Waals surface area contributed by atoms with Crippen molar-refractivity contribution in [1.29, 1.82) is 0 Å². The zero-order chi connectivity index (χ0) is 20.9. The maximum absolute atomic E-state index is 13.7. The summed E-state index contributed by atoms with van der Waals surface area (Å²) in [6.07, 6.45) is 3.11. The first-order valence-electron chi connectivity index (χ1n) is 9.80. The summed E-state index contributed by atoms with van der Waals surface area (Å²) < 4.78 is 16.1. The molecule has 0 aliphatic heterocycles. The number of carbonyl (C=O) groups excluding carboxylic acids is 2. The van der Waals surface area contributed by atoms with E-state index in [1.165, 1.54) is 0 Å². The molecule has 0 spiro atoms. The van der Waals surface area contributed by atoms with Crippen molar-refractivity contribution in [3.8, 4) is 11.5 Å². The summed E-state index contributed by atoms with van der Waals surface area (Å²) in [7, 11) is 3.17. The summed E-state index contributed by atoms with van der Waals surface area (Å²) in [5.41, 5.74) is 5.78. The van der Waals surface area contributed by atoms with Crippen molar-refractivity contribution in [3.05, 3.63) is 59.7 Å². The number of nitrogens with two attached hydrogens (primary N) is 1. The highest BCUT2D eigenvalue weighted by molar-refractivity contribution is 6.02. The smallest absolute Gasteiger partial charge is 0.405 e. The lowest BCUT2D eigenvalue weighted by Crippen LogP contribution is -2.47. The molecule has 1 fully saturated rings. The third-order valence-corrected chi connectivity index (χ3v) is 5.62. The quantitative estimate of drug-likeness (QED) is 0.697. The standard InChI is InChI=1S/C23H27NO5/c1-27-18-10-6-16(7-11-18)20(21(25)17-8-12-19(28-2)13-9-17)23(29-22(24)26)14-4-3-5-15-23/h6-13,20H,3-5,14-15H2,1-2H3,(H2,24,26). The van der Waals surface area contributed by atoms with E-state index >= 15 is 0 Å². The van der Waals surface area contributed by atoms with Crippen molar-refractivity contribution in [2.75, 3.05) is 14.2 Å².